The zero-order valence-electron chi connectivity index (χ0n) is 16.1. The van der Waals surface area contributed by atoms with Crippen molar-refractivity contribution < 1.29 is 19.7 Å². The minimum Gasteiger partial charge on any atom is -0.508 e. The van der Waals surface area contributed by atoms with Crippen LogP contribution in [0, 0.1) is 0 Å². The first-order valence-corrected chi connectivity index (χ1v) is 8.88. The summed E-state index contributed by atoms with van der Waals surface area (Å²) in [7, 11) is 0. The van der Waals surface area contributed by atoms with E-state index in [1.54, 1.807) is 12.1 Å². The zero-order chi connectivity index (χ0) is 18.4. The van der Waals surface area contributed by atoms with Crippen LogP contribution >= 0.6 is 0 Å². The molecular formula is C20H34O4. The molecule has 138 valence electrons. The smallest absolute Gasteiger partial charge is 0.119 e. The first kappa shape index (κ1) is 20.8. The number of rotatable bonds is 10. The van der Waals surface area contributed by atoms with Gasteiger partial charge in [-0.15, -0.1) is 0 Å². The lowest BCUT2D eigenvalue weighted by atomic mass is 9.76. The highest BCUT2D eigenvalue weighted by molar-refractivity contribution is 5.50. The molecule has 1 rings (SSSR count). The van der Waals surface area contributed by atoms with E-state index in [1.165, 1.54) is 0 Å². The maximum atomic E-state index is 10.6. The predicted octanol–water partition coefficient (Wildman–Crippen LogP) is 4.51. The number of phenols is 2. The lowest BCUT2D eigenvalue weighted by Crippen LogP contribution is -2.23. The summed E-state index contributed by atoms with van der Waals surface area (Å²) in [5.41, 5.74) is 0.961. The summed E-state index contributed by atoms with van der Waals surface area (Å²) in [6.07, 6.45) is 1.56. The number of ether oxygens (including phenoxy) is 2. The van der Waals surface area contributed by atoms with Gasteiger partial charge in [-0.2, -0.15) is 0 Å². The second-order valence-corrected chi connectivity index (χ2v) is 7.55. The van der Waals surface area contributed by atoms with Crippen molar-refractivity contribution in [3.8, 4) is 11.5 Å². The highest BCUT2D eigenvalue weighted by atomic mass is 16.5. The maximum absolute atomic E-state index is 10.6. The van der Waals surface area contributed by atoms with Crippen LogP contribution < -0.4 is 0 Å². The van der Waals surface area contributed by atoms with Gasteiger partial charge in [-0.25, -0.2) is 0 Å². The van der Waals surface area contributed by atoms with Gasteiger partial charge in [-0.3, -0.25) is 0 Å². The molecule has 0 atom stereocenters. The van der Waals surface area contributed by atoms with Crippen LogP contribution in [0.3, 0.4) is 0 Å². The quantitative estimate of drug-likeness (QED) is 0.487. The molecule has 0 saturated heterocycles. The lowest BCUT2D eigenvalue weighted by Gasteiger charge is -2.30. The number of benzene rings is 1. The molecule has 1 aromatic rings. The van der Waals surface area contributed by atoms with Crippen LogP contribution in [0.2, 0.25) is 0 Å². The Morgan fingerprint density at radius 1 is 0.750 bits per heavy atom. The van der Waals surface area contributed by atoms with Crippen molar-refractivity contribution in [2.45, 2.75) is 65.2 Å². The van der Waals surface area contributed by atoms with E-state index in [0.717, 1.165) is 24.0 Å². The summed E-state index contributed by atoms with van der Waals surface area (Å²) in [6.45, 7) is 14.8. The third-order valence-electron chi connectivity index (χ3n) is 4.72. The Hall–Kier alpha value is -1.26. The zero-order valence-corrected chi connectivity index (χ0v) is 16.1. The van der Waals surface area contributed by atoms with Gasteiger partial charge >= 0.3 is 0 Å². The minimum absolute atomic E-state index is 0.230. The maximum Gasteiger partial charge on any atom is 0.119 e. The minimum atomic E-state index is -0.273. The summed E-state index contributed by atoms with van der Waals surface area (Å²) >= 11 is 0. The molecule has 0 aliphatic rings. The van der Waals surface area contributed by atoms with Crippen LogP contribution in [-0.2, 0) is 20.3 Å². The van der Waals surface area contributed by atoms with Crippen LogP contribution in [0.15, 0.2) is 12.1 Å². The van der Waals surface area contributed by atoms with E-state index < -0.39 is 0 Å². The second kappa shape index (κ2) is 8.72. The third kappa shape index (κ3) is 5.38. The van der Waals surface area contributed by atoms with Crippen molar-refractivity contribution in [2.75, 3.05) is 26.4 Å². The van der Waals surface area contributed by atoms with Gasteiger partial charge in [0, 0.05) is 37.6 Å². The highest BCUT2D eigenvalue weighted by Crippen LogP contribution is 2.42. The Labute approximate surface area is 146 Å². The highest BCUT2D eigenvalue weighted by Gasteiger charge is 2.29. The van der Waals surface area contributed by atoms with Crippen molar-refractivity contribution in [3.63, 3.8) is 0 Å². The number of phenolic OH excluding ortho intramolecular Hbond substituents is 2. The topological polar surface area (TPSA) is 58.9 Å². The van der Waals surface area contributed by atoms with Crippen LogP contribution in [0.5, 0.6) is 11.5 Å². The second-order valence-electron chi connectivity index (χ2n) is 7.55. The Bertz CT molecular complexity index is 473. The molecule has 24 heavy (non-hydrogen) atoms. The van der Waals surface area contributed by atoms with Gasteiger partial charge in [0.1, 0.15) is 11.5 Å². The van der Waals surface area contributed by atoms with Crippen LogP contribution in [0.4, 0.5) is 0 Å². The molecular weight excluding hydrogens is 304 g/mol. The average molecular weight is 338 g/mol. The van der Waals surface area contributed by atoms with Crippen molar-refractivity contribution >= 4 is 0 Å². The van der Waals surface area contributed by atoms with Crippen molar-refractivity contribution in [1.29, 1.82) is 0 Å². The molecule has 4 nitrogen and oxygen atoms in total. The van der Waals surface area contributed by atoms with Crippen molar-refractivity contribution in [2.24, 2.45) is 0 Å². The normalized spacial score (nSPS) is 12.6. The van der Waals surface area contributed by atoms with Gasteiger partial charge in [0.25, 0.3) is 0 Å². The summed E-state index contributed by atoms with van der Waals surface area (Å²) in [4.78, 5) is 0. The Morgan fingerprint density at radius 3 is 1.38 bits per heavy atom. The van der Waals surface area contributed by atoms with E-state index in [0.29, 0.717) is 26.4 Å². The summed E-state index contributed by atoms with van der Waals surface area (Å²) in [5, 5.41) is 21.1. The monoisotopic (exact) mass is 338 g/mol. The molecule has 0 fully saturated rings. The standard InChI is InChI=1S/C20H34O4/c1-7-23-11-9-19(3,4)15-13-18(22)16(14-17(15)21)20(5,6)10-12-24-8-2/h13-14,21-22H,7-12H2,1-6H3. The number of hydrogen-bond acceptors (Lipinski definition) is 4. The Balaban J connectivity index is 3.04. The van der Waals surface area contributed by atoms with Crippen molar-refractivity contribution in [1.82, 2.24) is 0 Å². The van der Waals surface area contributed by atoms with E-state index in [-0.39, 0.29) is 22.3 Å². The van der Waals surface area contributed by atoms with E-state index in [4.69, 9.17) is 9.47 Å². The Morgan fingerprint density at radius 2 is 1.08 bits per heavy atom. The van der Waals surface area contributed by atoms with E-state index >= 15 is 0 Å². The molecule has 0 heterocycles. The van der Waals surface area contributed by atoms with Gasteiger partial charge < -0.3 is 19.7 Å². The summed E-state index contributed by atoms with van der Waals surface area (Å²) in [5.74, 6) is 0.461. The van der Waals surface area contributed by atoms with Crippen LogP contribution in [-0.4, -0.2) is 36.6 Å². The first-order valence-electron chi connectivity index (χ1n) is 8.88. The third-order valence-corrected chi connectivity index (χ3v) is 4.72. The first-order chi connectivity index (χ1) is 11.2. The van der Waals surface area contributed by atoms with Gasteiger partial charge in [0.15, 0.2) is 0 Å². The largest absolute Gasteiger partial charge is 0.508 e. The molecule has 0 aromatic heterocycles. The van der Waals surface area contributed by atoms with Gasteiger partial charge in [-0.1, -0.05) is 27.7 Å². The van der Waals surface area contributed by atoms with Crippen LogP contribution in [0.1, 0.15) is 65.5 Å². The lowest BCUT2D eigenvalue weighted by molar-refractivity contribution is 0.128. The fourth-order valence-electron chi connectivity index (χ4n) is 2.87. The SMILES string of the molecule is CCOCCC(C)(C)c1cc(O)c(C(C)(C)CCOCC)cc1O. The van der Waals surface area contributed by atoms with E-state index in [1.807, 2.05) is 13.8 Å². The average Bonchev–Trinajstić information content (AvgIpc) is 2.49. The number of aromatic hydroxyl groups is 2. The summed E-state index contributed by atoms with van der Waals surface area (Å²) < 4.78 is 10.9. The molecule has 0 amide bonds. The summed E-state index contributed by atoms with van der Waals surface area (Å²) in [6, 6.07) is 3.41. The van der Waals surface area contributed by atoms with Crippen LogP contribution in [0.25, 0.3) is 0 Å². The van der Waals surface area contributed by atoms with Gasteiger partial charge in [0.2, 0.25) is 0 Å². The molecule has 0 aliphatic heterocycles. The number of hydrogen-bond donors (Lipinski definition) is 2. The molecule has 0 bridgehead atoms. The fourth-order valence-corrected chi connectivity index (χ4v) is 2.87. The van der Waals surface area contributed by atoms with Gasteiger partial charge in [-0.05, 0) is 49.7 Å². The fraction of sp³-hybridized carbons (Fsp3) is 0.700. The molecule has 4 heteroatoms. The predicted molar refractivity (Wildman–Crippen MR) is 98.0 cm³/mol. The molecule has 0 aliphatic carbocycles. The molecule has 0 radical (unpaired) electrons. The molecule has 0 unspecified atom stereocenters. The molecule has 1 aromatic carbocycles. The Kier molecular flexibility index (Phi) is 7.56. The molecule has 2 N–H and O–H groups in total. The van der Waals surface area contributed by atoms with Crippen molar-refractivity contribution in [3.05, 3.63) is 23.3 Å². The molecule has 0 spiro atoms. The van der Waals surface area contributed by atoms with Gasteiger partial charge in [0.05, 0.1) is 0 Å². The van der Waals surface area contributed by atoms with E-state index in [9.17, 15) is 10.2 Å². The van der Waals surface area contributed by atoms with E-state index in [2.05, 4.69) is 27.7 Å². The molecule has 0 saturated carbocycles.